The summed E-state index contributed by atoms with van der Waals surface area (Å²) < 4.78 is 0. The van der Waals surface area contributed by atoms with Crippen molar-refractivity contribution in [2.45, 2.75) is 89.3 Å². The van der Waals surface area contributed by atoms with E-state index in [-0.39, 0.29) is 29.8 Å². The molecule has 2 rings (SSSR count). The highest BCUT2D eigenvalue weighted by Gasteiger charge is 2.36. The van der Waals surface area contributed by atoms with Gasteiger partial charge in [-0.15, -0.1) is 0 Å². The van der Waals surface area contributed by atoms with Crippen LogP contribution in [0.15, 0.2) is 30.3 Å². The smallest absolute Gasteiger partial charge is 0.220 e. The maximum Gasteiger partial charge on any atom is 0.220 e. The summed E-state index contributed by atoms with van der Waals surface area (Å²) in [6.07, 6.45) is 6.19. The van der Waals surface area contributed by atoms with Crippen molar-refractivity contribution in [3.63, 3.8) is 0 Å². The molecule has 0 spiro atoms. The third kappa shape index (κ3) is 9.40. The minimum absolute atomic E-state index is 0.00911. The second-order valence-corrected chi connectivity index (χ2v) is 9.28. The average Bonchev–Trinajstić information content (AvgIpc) is 2.77. The molecule has 6 nitrogen and oxygen atoms in total. The van der Waals surface area contributed by atoms with Gasteiger partial charge in [0.2, 0.25) is 11.8 Å². The Hall–Kier alpha value is -1.92. The topological polar surface area (TPSA) is 98.7 Å². The van der Waals surface area contributed by atoms with Gasteiger partial charge in [0.05, 0.1) is 11.7 Å². The van der Waals surface area contributed by atoms with E-state index in [9.17, 15) is 19.8 Å². The lowest BCUT2D eigenvalue weighted by Crippen LogP contribution is -2.43. The van der Waals surface area contributed by atoms with E-state index in [0.717, 1.165) is 44.1 Å². The second kappa shape index (κ2) is 12.8. The van der Waals surface area contributed by atoms with Crippen molar-refractivity contribution in [3.8, 4) is 0 Å². The van der Waals surface area contributed by atoms with Crippen LogP contribution in [0.3, 0.4) is 0 Å². The van der Waals surface area contributed by atoms with Crippen molar-refractivity contribution in [1.82, 2.24) is 10.6 Å². The van der Waals surface area contributed by atoms with Crippen LogP contribution in [0.2, 0.25) is 0 Å². The molecular formula is C25H40N2O4. The monoisotopic (exact) mass is 432 g/mol. The summed E-state index contributed by atoms with van der Waals surface area (Å²) in [5.74, 6) is 0.0236. The Morgan fingerprint density at radius 1 is 1.10 bits per heavy atom. The maximum absolute atomic E-state index is 12.3. The third-order valence-electron chi connectivity index (χ3n) is 6.46. The van der Waals surface area contributed by atoms with Crippen LogP contribution in [0, 0.1) is 5.92 Å². The number of hydrogen-bond donors (Lipinski definition) is 4. The first-order valence-electron chi connectivity index (χ1n) is 11.7. The molecule has 0 radical (unpaired) electrons. The molecule has 31 heavy (non-hydrogen) atoms. The fraction of sp³-hybridized carbons (Fsp3) is 0.680. The standard InChI is InChI=1S/C25H40N2O4/c1-19(28)26-15-8-4-7-14-24(30)27-18-22-12-9-13-23(29)16-21(17-25(22,2)31)20-10-5-3-6-11-20/h3,5-6,10-11,21-23,29,31H,4,7-9,12-18H2,1-2H3,(H,26,28)(H,27,30)/t21-,22+,23+,25-/m0/s1. The van der Waals surface area contributed by atoms with Gasteiger partial charge in [0.1, 0.15) is 0 Å². The van der Waals surface area contributed by atoms with Gasteiger partial charge >= 0.3 is 0 Å². The quantitative estimate of drug-likeness (QED) is 0.450. The van der Waals surface area contributed by atoms with E-state index < -0.39 is 5.60 Å². The van der Waals surface area contributed by atoms with Crippen LogP contribution in [0.5, 0.6) is 0 Å². The van der Waals surface area contributed by atoms with Gasteiger partial charge in [-0.2, -0.15) is 0 Å². The highest BCUT2D eigenvalue weighted by atomic mass is 16.3. The zero-order valence-electron chi connectivity index (χ0n) is 19.1. The fourth-order valence-corrected chi connectivity index (χ4v) is 4.58. The third-order valence-corrected chi connectivity index (χ3v) is 6.46. The number of aliphatic hydroxyl groups is 2. The molecule has 0 bridgehead atoms. The molecule has 6 heteroatoms. The molecule has 0 saturated heterocycles. The fourth-order valence-electron chi connectivity index (χ4n) is 4.58. The maximum atomic E-state index is 12.3. The van der Waals surface area contributed by atoms with E-state index in [2.05, 4.69) is 22.8 Å². The molecule has 0 aromatic heterocycles. The van der Waals surface area contributed by atoms with Crippen LogP contribution >= 0.6 is 0 Å². The zero-order chi connectivity index (χ0) is 22.7. The summed E-state index contributed by atoms with van der Waals surface area (Å²) in [5.41, 5.74) is 0.224. The van der Waals surface area contributed by atoms with Gasteiger partial charge in [0, 0.05) is 32.4 Å². The van der Waals surface area contributed by atoms with Crippen LogP contribution in [0.1, 0.15) is 83.1 Å². The van der Waals surface area contributed by atoms with Crippen LogP contribution in [-0.4, -0.2) is 46.8 Å². The molecule has 4 atom stereocenters. The Morgan fingerprint density at radius 3 is 2.55 bits per heavy atom. The molecule has 0 aliphatic heterocycles. The largest absolute Gasteiger partial charge is 0.393 e. The van der Waals surface area contributed by atoms with Gasteiger partial charge in [-0.1, -0.05) is 43.2 Å². The molecule has 0 unspecified atom stereocenters. The summed E-state index contributed by atoms with van der Waals surface area (Å²) in [7, 11) is 0. The highest BCUT2D eigenvalue weighted by Crippen LogP contribution is 2.38. The van der Waals surface area contributed by atoms with Crippen LogP contribution < -0.4 is 10.6 Å². The molecule has 2 amide bonds. The SMILES string of the molecule is CC(=O)NCCCCCC(=O)NC[C@H]1CCC[C@@H](O)C[C@H](c2ccccc2)C[C@]1(C)O. The first-order chi connectivity index (χ1) is 14.8. The van der Waals surface area contributed by atoms with Crippen molar-refractivity contribution in [2.75, 3.05) is 13.1 Å². The lowest BCUT2D eigenvalue weighted by Gasteiger charge is -2.35. The Morgan fingerprint density at radius 2 is 1.84 bits per heavy atom. The normalized spacial score (nSPS) is 26.9. The first-order valence-corrected chi connectivity index (χ1v) is 11.7. The number of carbonyl (C=O) groups is 2. The molecule has 1 aromatic rings. The number of benzene rings is 1. The predicted octanol–water partition coefficient (Wildman–Crippen LogP) is 3.28. The predicted molar refractivity (Wildman–Crippen MR) is 123 cm³/mol. The van der Waals surface area contributed by atoms with Crippen LogP contribution in [-0.2, 0) is 9.59 Å². The zero-order valence-corrected chi connectivity index (χ0v) is 19.1. The second-order valence-electron chi connectivity index (χ2n) is 9.28. The van der Waals surface area contributed by atoms with E-state index in [0.29, 0.717) is 32.4 Å². The van der Waals surface area contributed by atoms with E-state index in [1.807, 2.05) is 25.1 Å². The van der Waals surface area contributed by atoms with Gasteiger partial charge in [-0.25, -0.2) is 0 Å². The van der Waals surface area contributed by atoms with E-state index >= 15 is 0 Å². The molecular weight excluding hydrogens is 392 g/mol. The molecule has 0 heterocycles. The number of rotatable bonds is 9. The van der Waals surface area contributed by atoms with Crippen LogP contribution in [0.25, 0.3) is 0 Å². The first kappa shape index (κ1) is 25.3. The number of unbranched alkanes of at least 4 members (excludes halogenated alkanes) is 2. The Balaban J connectivity index is 1.86. The number of carbonyl (C=O) groups excluding carboxylic acids is 2. The summed E-state index contributed by atoms with van der Waals surface area (Å²) in [4.78, 5) is 23.1. The molecule has 1 aromatic carbocycles. The molecule has 1 fully saturated rings. The Labute approximate surface area is 186 Å². The van der Waals surface area contributed by atoms with Gasteiger partial charge in [-0.3, -0.25) is 9.59 Å². The van der Waals surface area contributed by atoms with Gasteiger partial charge in [0.15, 0.2) is 0 Å². The summed E-state index contributed by atoms with van der Waals surface area (Å²) in [6.45, 7) is 4.48. The lowest BCUT2D eigenvalue weighted by atomic mass is 9.77. The number of amides is 2. The molecule has 1 saturated carbocycles. The number of aliphatic hydroxyl groups excluding tert-OH is 1. The summed E-state index contributed by atoms with van der Waals surface area (Å²) in [6, 6.07) is 10.1. The number of nitrogens with one attached hydrogen (secondary N) is 2. The van der Waals surface area contributed by atoms with E-state index in [4.69, 9.17) is 0 Å². The summed E-state index contributed by atoms with van der Waals surface area (Å²) >= 11 is 0. The molecule has 174 valence electrons. The van der Waals surface area contributed by atoms with E-state index in [1.54, 1.807) is 0 Å². The molecule has 1 aliphatic carbocycles. The van der Waals surface area contributed by atoms with Crippen molar-refractivity contribution in [3.05, 3.63) is 35.9 Å². The minimum atomic E-state index is -0.920. The Kier molecular flexibility index (Phi) is 10.5. The van der Waals surface area contributed by atoms with Crippen molar-refractivity contribution >= 4 is 11.8 Å². The van der Waals surface area contributed by atoms with Crippen molar-refractivity contribution in [2.24, 2.45) is 5.92 Å². The van der Waals surface area contributed by atoms with Gasteiger partial charge in [-0.05, 0) is 56.9 Å². The summed E-state index contributed by atoms with van der Waals surface area (Å²) in [5, 5.41) is 27.6. The Bertz CT molecular complexity index is 677. The lowest BCUT2D eigenvalue weighted by molar-refractivity contribution is -0.122. The van der Waals surface area contributed by atoms with Gasteiger partial charge in [0.25, 0.3) is 0 Å². The van der Waals surface area contributed by atoms with Crippen molar-refractivity contribution < 1.29 is 19.8 Å². The molecule has 1 aliphatic rings. The van der Waals surface area contributed by atoms with Crippen molar-refractivity contribution in [1.29, 1.82) is 0 Å². The molecule has 4 N–H and O–H groups in total. The number of hydrogen-bond acceptors (Lipinski definition) is 4. The minimum Gasteiger partial charge on any atom is -0.393 e. The van der Waals surface area contributed by atoms with E-state index in [1.165, 1.54) is 6.92 Å². The average molecular weight is 433 g/mol. The van der Waals surface area contributed by atoms with Crippen LogP contribution in [0.4, 0.5) is 0 Å². The van der Waals surface area contributed by atoms with Gasteiger partial charge < -0.3 is 20.8 Å². The highest BCUT2D eigenvalue weighted by molar-refractivity contribution is 5.75.